The molecule has 2 aliphatic heterocycles. The van der Waals surface area contributed by atoms with Gasteiger partial charge in [-0.25, -0.2) is 9.29 Å². The quantitative estimate of drug-likeness (QED) is 0.671. The Kier molecular flexibility index (Phi) is 2.02. The lowest BCUT2D eigenvalue weighted by molar-refractivity contribution is 0.261. The molecular formula is C9H12N4O3S. The van der Waals surface area contributed by atoms with Gasteiger partial charge < -0.3 is 10.5 Å². The smallest absolute Gasteiger partial charge is 0.304 e. The highest BCUT2D eigenvalue weighted by Crippen LogP contribution is 2.38. The van der Waals surface area contributed by atoms with E-state index in [0.29, 0.717) is 30.4 Å². The number of ether oxygens (including phenoxy) is 1. The van der Waals surface area contributed by atoms with Crippen molar-refractivity contribution in [3.05, 3.63) is 12.3 Å². The molecule has 0 saturated carbocycles. The third-order valence-corrected chi connectivity index (χ3v) is 4.87. The van der Waals surface area contributed by atoms with E-state index >= 15 is 0 Å². The average Bonchev–Trinajstić information content (AvgIpc) is 2.50. The van der Waals surface area contributed by atoms with Crippen molar-refractivity contribution in [2.45, 2.75) is 6.04 Å². The van der Waals surface area contributed by atoms with Gasteiger partial charge >= 0.3 is 10.2 Å². The predicted octanol–water partition coefficient (Wildman–Crippen LogP) is -0.579. The summed E-state index contributed by atoms with van der Waals surface area (Å²) in [6.07, 6.45) is 1.45. The van der Waals surface area contributed by atoms with E-state index in [0.717, 1.165) is 0 Å². The molecule has 2 aliphatic rings. The topological polar surface area (TPSA) is 88.8 Å². The van der Waals surface area contributed by atoms with Crippen LogP contribution in [0.4, 0.5) is 11.4 Å². The van der Waals surface area contributed by atoms with Gasteiger partial charge in [-0.05, 0) is 6.07 Å². The lowest BCUT2D eigenvalue weighted by Crippen LogP contribution is -2.42. The summed E-state index contributed by atoms with van der Waals surface area (Å²) < 4.78 is 32.3. The number of nitrogens with two attached hydrogens (primary N) is 1. The summed E-state index contributed by atoms with van der Waals surface area (Å²) >= 11 is 0. The van der Waals surface area contributed by atoms with E-state index in [1.165, 1.54) is 14.8 Å². The molecule has 2 N–H and O–H groups in total. The fourth-order valence-electron chi connectivity index (χ4n) is 2.15. The van der Waals surface area contributed by atoms with Gasteiger partial charge in [0.2, 0.25) is 5.88 Å². The van der Waals surface area contributed by atoms with Crippen LogP contribution >= 0.6 is 0 Å². The molecule has 1 aromatic rings. The third kappa shape index (κ3) is 1.37. The van der Waals surface area contributed by atoms with Gasteiger partial charge in [0.15, 0.2) is 0 Å². The molecule has 7 nitrogen and oxygen atoms in total. The minimum Gasteiger partial charge on any atom is -0.474 e. The van der Waals surface area contributed by atoms with Gasteiger partial charge in [0.1, 0.15) is 12.3 Å². The van der Waals surface area contributed by atoms with Crippen LogP contribution in [0.1, 0.15) is 0 Å². The molecule has 3 heterocycles. The second-order valence-corrected chi connectivity index (χ2v) is 6.05. The van der Waals surface area contributed by atoms with Crippen LogP contribution in [-0.4, -0.2) is 43.9 Å². The van der Waals surface area contributed by atoms with Crippen LogP contribution in [0.3, 0.4) is 0 Å². The van der Waals surface area contributed by atoms with Crippen molar-refractivity contribution in [1.29, 1.82) is 0 Å². The van der Waals surface area contributed by atoms with E-state index < -0.39 is 10.2 Å². The number of aromatic nitrogens is 1. The minimum atomic E-state index is -3.46. The van der Waals surface area contributed by atoms with E-state index in [1.807, 2.05) is 0 Å². The van der Waals surface area contributed by atoms with Gasteiger partial charge in [-0.2, -0.15) is 12.7 Å². The molecule has 92 valence electrons. The van der Waals surface area contributed by atoms with Crippen molar-refractivity contribution in [3.8, 4) is 5.88 Å². The second kappa shape index (κ2) is 3.23. The zero-order chi connectivity index (χ0) is 12.2. The monoisotopic (exact) mass is 256 g/mol. The number of hydrogen-bond acceptors (Lipinski definition) is 5. The Morgan fingerprint density at radius 2 is 2.35 bits per heavy atom. The molecule has 0 aliphatic carbocycles. The number of nitrogens with zero attached hydrogens (tertiary/aromatic N) is 3. The molecule has 0 amide bonds. The molecule has 8 heteroatoms. The van der Waals surface area contributed by atoms with Gasteiger partial charge in [-0.15, -0.1) is 0 Å². The number of pyridine rings is 1. The number of likely N-dealkylation sites (N-methyl/N-ethyl adjacent to an activating group) is 1. The largest absolute Gasteiger partial charge is 0.474 e. The Morgan fingerprint density at radius 3 is 3.12 bits per heavy atom. The van der Waals surface area contributed by atoms with E-state index in [4.69, 9.17) is 10.5 Å². The maximum atomic E-state index is 12.1. The average molecular weight is 256 g/mol. The second-order valence-electron chi connectivity index (χ2n) is 4.14. The normalized spacial score (nSPS) is 26.2. The highest BCUT2D eigenvalue weighted by Gasteiger charge is 2.46. The molecule has 17 heavy (non-hydrogen) atoms. The Labute approximate surface area is 99.0 Å². The fourth-order valence-corrected chi connectivity index (χ4v) is 3.69. The van der Waals surface area contributed by atoms with Crippen LogP contribution in [0.15, 0.2) is 12.3 Å². The summed E-state index contributed by atoms with van der Waals surface area (Å²) in [6, 6.07) is 1.37. The van der Waals surface area contributed by atoms with Crippen molar-refractivity contribution >= 4 is 21.6 Å². The minimum absolute atomic E-state index is 0.207. The molecule has 0 spiro atoms. The molecule has 0 aromatic carbocycles. The van der Waals surface area contributed by atoms with Crippen LogP contribution in [0.5, 0.6) is 5.88 Å². The van der Waals surface area contributed by atoms with Crippen LogP contribution in [0, 0.1) is 0 Å². The van der Waals surface area contributed by atoms with Crippen molar-refractivity contribution in [2.24, 2.45) is 0 Å². The van der Waals surface area contributed by atoms with Crippen LogP contribution in [-0.2, 0) is 10.2 Å². The van der Waals surface area contributed by atoms with Crippen LogP contribution < -0.4 is 14.8 Å². The highest BCUT2D eigenvalue weighted by atomic mass is 32.2. The van der Waals surface area contributed by atoms with Crippen molar-refractivity contribution in [1.82, 2.24) is 9.29 Å². The molecule has 1 fully saturated rings. The van der Waals surface area contributed by atoms with Gasteiger partial charge in [-0.1, -0.05) is 0 Å². The van der Waals surface area contributed by atoms with Gasteiger partial charge in [-0.3, -0.25) is 0 Å². The molecular weight excluding hydrogens is 244 g/mol. The summed E-state index contributed by atoms with van der Waals surface area (Å²) in [6.45, 7) is 0.726. The molecule has 1 atom stereocenters. The lowest BCUT2D eigenvalue weighted by Gasteiger charge is -2.30. The summed E-state index contributed by atoms with van der Waals surface area (Å²) in [7, 11) is -1.92. The Morgan fingerprint density at radius 1 is 1.59 bits per heavy atom. The zero-order valence-corrected chi connectivity index (χ0v) is 10.0. The van der Waals surface area contributed by atoms with Crippen molar-refractivity contribution in [2.75, 3.05) is 30.2 Å². The number of fused-ring (bicyclic) bond motifs is 3. The molecule has 0 bridgehead atoms. The Balaban J connectivity index is 2.19. The zero-order valence-electron chi connectivity index (χ0n) is 9.20. The first-order valence-corrected chi connectivity index (χ1v) is 6.54. The van der Waals surface area contributed by atoms with Gasteiger partial charge in [0.25, 0.3) is 0 Å². The SMILES string of the molecule is CN1C[C@H]2COc3ncc(N)cc3N2S1(=O)=O. The summed E-state index contributed by atoms with van der Waals surface area (Å²) in [5.41, 5.74) is 6.47. The molecule has 0 radical (unpaired) electrons. The number of rotatable bonds is 0. The first-order valence-electron chi connectivity index (χ1n) is 5.14. The summed E-state index contributed by atoms with van der Waals surface area (Å²) in [5, 5.41) is 0. The maximum Gasteiger partial charge on any atom is 0.304 e. The van der Waals surface area contributed by atoms with E-state index in [-0.39, 0.29) is 6.04 Å². The highest BCUT2D eigenvalue weighted by molar-refractivity contribution is 7.90. The standard InChI is InChI=1S/C9H12N4O3S/c1-12-4-7-5-16-9-8(2-6(10)3-11-9)13(7)17(12,14)15/h2-3,7H,4-5,10H2,1H3/t7-/m0/s1. The van der Waals surface area contributed by atoms with Gasteiger partial charge in [0, 0.05) is 13.6 Å². The molecule has 1 aromatic heterocycles. The Hall–Kier alpha value is -1.54. The van der Waals surface area contributed by atoms with Crippen LogP contribution in [0.25, 0.3) is 0 Å². The van der Waals surface area contributed by atoms with E-state index in [1.54, 1.807) is 13.1 Å². The lowest BCUT2D eigenvalue weighted by atomic mass is 10.2. The van der Waals surface area contributed by atoms with E-state index in [2.05, 4.69) is 4.98 Å². The summed E-state index contributed by atoms with van der Waals surface area (Å²) in [4.78, 5) is 4.00. The molecule has 1 saturated heterocycles. The number of anilines is 2. The number of hydrogen-bond donors (Lipinski definition) is 1. The van der Waals surface area contributed by atoms with E-state index in [9.17, 15) is 8.42 Å². The number of nitrogen functional groups attached to an aromatic ring is 1. The summed E-state index contributed by atoms with van der Waals surface area (Å²) in [5.74, 6) is 0.314. The third-order valence-electron chi connectivity index (χ3n) is 2.95. The van der Waals surface area contributed by atoms with Crippen molar-refractivity contribution < 1.29 is 13.2 Å². The van der Waals surface area contributed by atoms with Crippen LogP contribution in [0.2, 0.25) is 0 Å². The maximum absolute atomic E-state index is 12.1. The first-order chi connectivity index (χ1) is 8.00. The first kappa shape index (κ1) is 10.6. The Bertz CT molecular complexity index is 574. The molecule has 0 unspecified atom stereocenters. The van der Waals surface area contributed by atoms with Gasteiger partial charge in [0.05, 0.1) is 17.9 Å². The molecule has 3 rings (SSSR count). The van der Waals surface area contributed by atoms with Crippen molar-refractivity contribution in [3.63, 3.8) is 0 Å². The fraction of sp³-hybridized carbons (Fsp3) is 0.444. The predicted molar refractivity (Wildman–Crippen MR) is 62.0 cm³/mol.